The highest BCUT2D eigenvalue weighted by atomic mass is 32.1. The van der Waals surface area contributed by atoms with E-state index in [9.17, 15) is 9.59 Å². The molecule has 0 spiro atoms. The normalized spacial score (nSPS) is 17.2. The van der Waals surface area contributed by atoms with Crippen LogP contribution in [0.15, 0.2) is 4.79 Å². The molecule has 124 valence electrons. The van der Waals surface area contributed by atoms with E-state index in [0.29, 0.717) is 18.2 Å². The minimum absolute atomic E-state index is 0.0774. The van der Waals surface area contributed by atoms with Crippen LogP contribution < -0.4 is 10.9 Å². The van der Waals surface area contributed by atoms with Gasteiger partial charge in [0.1, 0.15) is 10.7 Å². The molecule has 0 saturated heterocycles. The number of carbonyl (C=O) groups is 1. The third-order valence-electron chi connectivity index (χ3n) is 4.24. The molecule has 7 heteroatoms. The molecule has 2 aromatic rings. The Kier molecular flexibility index (Phi) is 4.77. The van der Waals surface area contributed by atoms with Gasteiger partial charge in [-0.1, -0.05) is 6.92 Å². The van der Waals surface area contributed by atoms with Gasteiger partial charge < -0.3 is 15.4 Å². The van der Waals surface area contributed by atoms with Crippen molar-refractivity contribution in [3.05, 3.63) is 26.6 Å². The van der Waals surface area contributed by atoms with Crippen LogP contribution >= 0.6 is 11.3 Å². The lowest BCUT2D eigenvalue weighted by Gasteiger charge is -2.17. The minimum Gasteiger partial charge on any atom is -0.395 e. The highest BCUT2D eigenvalue weighted by molar-refractivity contribution is 7.18. The number of rotatable bonds is 5. The number of aryl methyl sites for hydroxylation is 2. The Morgan fingerprint density at radius 3 is 3.13 bits per heavy atom. The molecule has 1 aliphatic rings. The molecule has 3 N–H and O–H groups in total. The van der Waals surface area contributed by atoms with Crippen molar-refractivity contribution in [1.29, 1.82) is 0 Å². The number of aromatic nitrogens is 2. The smallest absolute Gasteiger partial charge is 0.259 e. The Labute approximate surface area is 138 Å². The van der Waals surface area contributed by atoms with Gasteiger partial charge >= 0.3 is 0 Å². The molecular weight excluding hydrogens is 314 g/mol. The van der Waals surface area contributed by atoms with Gasteiger partial charge in [0.05, 0.1) is 12.0 Å². The predicted octanol–water partition coefficient (Wildman–Crippen LogP) is 1.15. The first-order chi connectivity index (χ1) is 11.1. The van der Waals surface area contributed by atoms with Gasteiger partial charge in [-0.15, -0.1) is 11.3 Å². The van der Waals surface area contributed by atoms with Crippen molar-refractivity contribution in [1.82, 2.24) is 15.3 Å². The monoisotopic (exact) mass is 335 g/mol. The fraction of sp³-hybridized carbons (Fsp3) is 0.562. The van der Waals surface area contributed by atoms with Gasteiger partial charge in [0.15, 0.2) is 0 Å². The number of H-pyrrole nitrogens is 1. The Balaban J connectivity index is 1.81. The van der Waals surface area contributed by atoms with Gasteiger partial charge in [0.25, 0.3) is 5.56 Å². The van der Waals surface area contributed by atoms with Crippen LogP contribution in [0, 0.1) is 5.92 Å². The lowest BCUT2D eigenvalue weighted by atomic mass is 9.89. The molecule has 2 aromatic heterocycles. The Bertz CT molecular complexity index is 781. The summed E-state index contributed by atoms with van der Waals surface area (Å²) in [7, 11) is 0. The summed E-state index contributed by atoms with van der Waals surface area (Å²) in [6, 6.07) is 0. The summed E-state index contributed by atoms with van der Waals surface area (Å²) in [5.74, 6) is 1.05. The lowest BCUT2D eigenvalue weighted by molar-refractivity contribution is -0.121. The second-order valence-electron chi connectivity index (χ2n) is 6.12. The molecule has 0 aromatic carbocycles. The van der Waals surface area contributed by atoms with E-state index >= 15 is 0 Å². The Morgan fingerprint density at radius 1 is 1.52 bits per heavy atom. The average Bonchev–Trinajstić information content (AvgIpc) is 2.88. The van der Waals surface area contributed by atoms with E-state index < -0.39 is 0 Å². The van der Waals surface area contributed by atoms with Crippen molar-refractivity contribution in [2.24, 2.45) is 5.92 Å². The molecule has 3 rings (SSSR count). The number of hydrogen-bond donors (Lipinski definition) is 3. The van der Waals surface area contributed by atoms with E-state index in [1.54, 1.807) is 11.3 Å². The molecule has 0 radical (unpaired) electrons. The number of hydrogen-bond acceptors (Lipinski definition) is 5. The van der Waals surface area contributed by atoms with Crippen LogP contribution in [0.4, 0.5) is 0 Å². The van der Waals surface area contributed by atoms with Gasteiger partial charge in [-0.3, -0.25) is 9.59 Å². The summed E-state index contributed by atoms with van der Waals surface area (Å²) in [6.07, 6.45) is 3.72. The summed E-state index contributed by atoms with van der Waals surface area (Å²) < 4.78 is 0. The van der Waals surface area contributed by atoms with E-state index in [-0.39, 0.29) is 31.0 Å². The fourth-order valence-electron chi connectivity index (χ4n) is 3.03. The summed E-state index contributed by atoms with van der Waals surface area (Å²) in [5.41, 5.74) is 1.08. The van der Waals surface area contributed by atoms with Crippen LogP contribution in [0.3, 0.4) is 0 Å². The number of aliphatic hydroxyl groups is 1. The molecule has 0 bridgehead atoms. The van der Waals surface area contributed by atoms with E-state index in [1.807, 2.05) is 0 Å². The van der Waals surface area contributed by atoms with Crippen LogP contribution in [-0.4, -0.2) is 34.1 Å². The first kappa shape index (κ1) is 16.1. The highest BCUT2D eigenvalue weighted by Gasteiger charge is 2.23. The van der Waals surface area contributed by atoms with E-state index in [2.05, 4.69) is 22.2 Å². The van der Waals surface area contributed by atoms with Crippen molar-refractivity contribution >= 4 is 27.5 Å². The topological polar surface area (TPSA) is 95.1 Å². The third-order valence-corrected chi connectivity index (χ3v) is 5.39. The van der Waals surface area contributed by atoms with E-state index in [1.165, 1.54) is 10.4 Å². The Hall–Kier alpha value is -1.73. The second kappa shape index (κ2) is 6.80. The number of amides is 1. The number of aliphatic hydroxyl groups excluding tert-OH is 1. The zero-order chi connectivity index (χ0) is 16.4. The maximum atomic E-state index is 12.4. The molecule has 0 fully saturated rings. The van der Waals surface area contributed by atoms with Crippen molar-refractivity contribution in [3.8, 4) is 0 Å². The number of carbonyl (C=O) groups excluding carboxylic acids is 1. The van der Waals surface area contributed by atoms with Crippen molar-refractivity contribution in [3.63, 3.8) is 0 Å². The lowest BCUT2D eigenvalue weighted by Crippen LogP contribution is -2.27. The van der Waals surface area contributed by atoms with Crippen LogP contribution in [0.25, 0.3) is 10.2 Å². The number of thiophene rings is 1. The maximum Gasteiger partial charge on any atom is 0.259 e. The van der Waals surface area contributed by atoms with Gasteiger partial charge in [-0.25, -0.2) is 4.98 Å². The molecule has 6 nitrogen and oxygen atoms in total. The molecule has 1 atom stereocenters. The zero-order valence-electron chi connectivity index (χ0n) is 13.1. The standard InChI is InChI=1S/C16H21N3O3S/c1-9-2-3-10-11(8-9)23-16-14(10)15(22)18-12(19-16)4-5-13(21)17-6-7-20/h9,20H,2-8H2,1H3,(H,17,21)(H,18,19,22). The molecule has 0 aliphatic heterocycles. The molecular formula is C16H21N3O3S. The highest BCUT2D eigenvalue weighted by Crippen LogP contribution is 2.35. The maximum absolute atomic E-state index is 12.4. The van der Waals surface area contributed by atoms with Crippen LogP contribution in [0.1, 0.15) is 36.0 Å². The van der Waals surface area contributed by atoms with Gasteiger partial charge in [-0.2, -0.15) is 0 Å². The molecule has 1 amide bonds. The number of nitrogens with one attached hydrogen (secondary N) is 2. The molecule has 0 saturated carbocycles. The first-order valence-electron chi connectivity index (χ1n) is 7.99. The van der Waals surface area contributed by atoms with Crippen molar-refractivity contribution in [2.45, 2.75) is 39.0 Å². The van der Waals surface area contributed by atoms with Crippen LogP contribution in [0.2, 0.25) is 0 Å². The van der Waals surface area contributed by atoms with Crippen molar-refractivity contribution < 1.29 is 9.90 Å². The zero-order valence-corrected chi connectivity index (χ0v) is 14.0. The SMILES string of the molecule is CC1CCc2c(sc3nc(CCC(=O)NCCO)[nH]c(=O)c23)C1. The Morgan fingerprint density at radius 2 is 2.35 bits per heavy atom. The molecule has 1 unspecified atom stereocenters. The number of aromatic amines is 1. The number of fused-ring (bicyclic) bond motifs is 3. The van der Waals surface area contributed by atoms with Crippen molar-refractivity contribution in [2.75, 3.05) is 13.2 Å². The number of nitrogens with zero attached hydrogens (tertiary/aromatic N) is 1. The average molecular weight is 335 g/mol. The molecule has 2 heterocycles. The third kappa shape index (κ3) is 3.45. The van der Waals surface area contributed by atoms with Gasteiger partial charge in [0, 0.05) is 24.3 Å². The first-order valence-corrected chi connectivity index (χ1v) is 8.81. The summed E-state index contributed by atoms with van der Waals surface area (Å²) in [6.45, 7) is 2.41. The predicted molar refractivity (Wildman–Crippen MR) is 89.8 cm³/mol. The summed E-state index contributed by atoms with van der Waals surface area (Å²) in [5, 5.41) is 12.0. The molecule has 1 aliphatic carbocycles. The largest absolute Gasteiger partial charge is 0.395 e. The summed E-state index contributed by atoms with van der Waals surface area (Å²) >= 11 is 1.62. The van der Waals surface area contributed by atoms with Gasteiger partial charge in [-0.05, 0) is 30.7 Å². The quantitative estimate of drug-likeness (QED) is 0.764. The van der Waals surface area contributed by atoms with Crippen LogP contribution in [-0.2, 0) is 24.1 Å². The second-order valence-corrected chi connectivity index (χ2v) is 7.20. The van der Waals surface area contributed by atoms with Crippen LogP contribution in [0.5, 0.6) is 0 Å². The molecule has 23 heavy (non-hydrogen) atoms. The minimum atomic E-state index is -0.152. The summed E-state index contributed by atoms with van der Waals surface area (Å²) in [4.78, 5) is 33.4. The fourth-order valence-corrected chi connectivity index (χ4v) is 4.43. The van der Waals surface area contributed by atoms with E-state index in [0.717, 1.165) is 29.5 Å². The van der Waals surface area contributed by atoms with E-state index in [4.69, 9.17) is 5.11 Å². The van der Waals surface area contributed by atoms with Gasteiger partial charge in [0.2, 0.25) is 5.91 Å².